The van der Waals surface area contributed by atoms with Gasteiger partial charge < -0.3 is 9.73 Å². The smallest absolute Gasteiger partial charge is 0.235 e. The average Bonchev–Trinajstić information content (AvgIpc) is 2.93. The highest BCUT2D eigenvalue weighted by atomic mass is 79.9. The second kappa shape index (κ2) is 6.56. The van der Waals surface area contributed by atoms with E-state index in [0.717, 1.165) is 0 Å². The second-order valence-electron chi connectivity index (χ2n) is 4.82. The van der Waals surface area contributed by atoms with Crippen molar-refractivity contribution >= 4 is 55.9 Å². The monoisotopic (exact) mass is 391 g/mol. The Morgan fingerprint density at radius 1 is 1.09 bits per heavy atom. The van der Waals surface area contributed by atoms with E-state index >= 15 is 0 Å². The number of ketones is 1. The zero-order valence-electron chi connectivity index (χ0n) is 11.8. The third-order valence-electron chi connectivity index (χ3n) is 3.29. The van der Waals surface area contributed by atoms with Crippen molar-refractivity contribution in [3.63, 3.8) is 0 Å². The van der Waals surface area contributed by atoms with Crippen LogP contribution >= 0.6 is 27.5 Å². The molecule has 0 fully saturated rings. The number of furan rings is 1. The second-order valence-corrected chi connectivity index (χ2v) is 5.82. The molecule has 2 aromatic carbocycles. The summed E-state index contributed by atoms with van der Waals surface area (Å²) in [5.74, 6) is -0.479. The summed E-state index contributed by atoms with van der Waals surface area (Å²) in [5, 5.41) is 4.07. The van der Waals surface area contributed by atoms with E-state index in [-0.39, 0.29) is 22.8 Å². The van der Waals surface area contributed by atoms with Gasteiger partial charge in [0.1, 0.15) is 5.58 Å². The molecule has 0 aliphatic carbocycles. The fourth-order valence-corrected chi connectivity index (χ4v) is 2.50. The van der Waals surface area contributed by atoms with Gasteiger partial charge in [-0.3, -0.25) is 9.59 Å². The van der Waals surface area contributed by atoms with Gasteiger partial charge in [-0.05, 0) is 36.4 Å². The number of carbonyl (C=O) groups excluding carboxylic acids is 2. The minimum atomic E-state index is -0.317. The normalized spacial score (nSPS) is 10.7. The van der Waals surface area contributed by atoms with Gasteiger partial charge in [-0.25, -0.2) is 0 Å². The van der Waals surface area contributed by atoms with E-state index in [4.69, 9.17) is 16.0 Å². The summed E-state index contributed by atoms with van der Waals surface area (Å²) < 4.78 is 5.68. The van der Waals surface area contributed by atoms with Crippen molar-refractivity contribution in [2.45, 2.75) is 0 Å². The predicted molar refractivity (Wildman–Crippen MR) is 93.5 cm³/mol. The third kappa shape index (κ3) is 3.16. The van der Waals surface area contributed by atoms with E-state index in [1.54, 1.807) is 42.5 Å². The van der Waals surface area contributed by atoms with Crippen LogP contribution in [0.25, 0.3) is 11.0 Å². The Bertz CT molecular complexity index is 886. The molecule has 0 saturated heterocycles. The summed E-state index contributed by atoms with van der Waals surface area (Å²) in [6.07, 6.45) is 0. The average molecular weight is 393 g/mol. The van der Waals surface area contributed by atoms with Gasteiger partial charge >= 0.3 is 0 Å². The first kappa shape index (κ1) is 15.8. The van der Waals surface area contributed by atoms with E-state index < -0.39 is 0 Å². The first-order chi connectivity index (χ1) is 11.1. The van der Waals surface area contributed by atoms with Crippen LogP contribution in [0.1, 0.15) is 16.1 Å². The Morgan fingerprint density at radius 3 is 2.48 bits per heavy atom. The van der Waals surface area contributed by atoms with E-state index in [1.807, 2.05) is 6.07 Å². The van der Waals surface area contributed by atoms with Gasteiger partial charge in [0.2, 0.25) is 11.7 Å². The molecular weight excluding hydrogens is 382 g/mol. The molecular formula is C17H11BrClNO3. The standard InChI is InChI=1S/C17H11BrClNO3/c18-9-14(21)20-15-12-3-1-2-4-13(12)23-17(15)16(22)10-5-7-11(19)8-6-10/h1-8H,9H2,(H,20,21). The molecule has 3 rings (SSSR count). The van der Waals surface area contributed by atoms with E-state index in [1.165, 1.54) is 0 Å². The third-order valence-corrected chi connectivity index (χ3v) is 4.06. The van der Waals surface area contributed by atoms with Crippen LogP contribution in [0.2, 0.25) is 5.02 Å². The van der Waals surface area contributed by atoms with Crippen LogP contribution in [0.3, 0.4) is 0 Å². The van der Waals surface area contributed by atoms with Crippen LogP contribution in [-0.4, -0.2) is 17.0 Å². The zero-order chi connectivity index (χ0) is 16.4. The maximum Gasteiger partial charge on any atom is 0.235 e. The summed E-state index contributed by atoms with van der Waals surface area (Å²) in [7, 11) is 0. The van der Waals surface area contributed by atoms with Crippen molar-refractivity contribution < 1.29 is 14.0 Å². The fourth-order valence-electron chi connectivity index (χ4n) is 2.23. The molecule has 6 heteroatoms. The minimum absolute atomic E-state index is 0.0998. The van der Waals surface area contributed by atoms with Gasteiger partial charge in [-0.2, -0.15) is 0 Å². The van der Waals surface area contributed by atoms with Crippen LogP contribution in [0.15, 0.2) is 52.9 Å². The molecule has 1 heterocycles. The van der Waals surface area contributed by atoms with Crippen molar-refractivity contribution in [3.05, 3.63) is 64.9 Å². The molecule has 116 valence electrons. The van der Waals surface area contributed by atoms with Crippen LogP contribution in [-0.2, 0) is 4.79 Å². The quantitative estimate of drug-likeness (QED) is 0.519. The molecule has 0 spiro atoms. The fraction of sp³-hybridized carbons (Fsp3) is 0.0588. The lowest BCUT2D eigenvalue weighted by atomic mass is 10.1. The number of alkyl halides is 1. The summed E-state index contributed by atoms with van der Waals surface area (Å²) in [4.78, 5) is 24.5. The molecule has 0 atom stereocenters. The van der Waals surface area contributed by atoms with Crippen molar-refractivity contribution in [2.24, 2.45) is 0 Å². The minimum Gasteiger partial charge on any atom is -0.450 e. The molecule has 0 aliphatic rings. The Hall–Kier alpha value is -2.11. The molecule has 1 aromatic heterocycles. The number of carbonyl (C=O) groups is 2. The molecule has 23 heavy (non-hydrogen) atoms. The molecule has 1 N–H and O–H groups in total. The van der Waals surface area contributed by atoms with Crippen molar-refractivity contribution in [1.82, 2.24) is 0 Å². The first-order valence-corrected chi connectivity index (χ1v) is 8.27. The van der Waals surface area contributed by atoms with Gasteiger partial charge in [-0.15, -0.1) is 0 Å². The summed E-state index contributed by atoms with van der Waals surface area (Å²) in [6.45, 7) is 0. The van der Waals surface area contributed by atoms with Gasteiger partial charge in [0.05, 0.1) is 11.0 Å². The molecule has 0 bridgehead atoms. The highest BCUT2D eigenvalue weighted by molar-refractivity contribution is 9.09. The maximum absolute atomic E-state index is 12.7. The number of hydrogen-bond acceptors (Lipinski definition) is 3. The predicted octanol–water partition coefficient (Wildman–Crippen LogP) is 4.65. The number of anilines is 1. The van der Waals surface area contributed by atoms with Crippen LogP contribution in [0.4, 0.5) is 5.69 Å². The van der Waals surface area contributed by atoms with Crippen LogP contribution in [0, 0.1) is 0 Å². The van der Waals surface area contributed by atoms with Gasteiger partial charge in [0, 0.05) is 16.0 Å². The Labute approximate surface area is 145 Å². The molecule has 1 amide bonds. The van der Waals surface area contributed by atoms with Gasteiger partial charge in [-0.1, -0.05) is 39.7 Å². The number of nitrogens with one attached hydrogen (secondary N) is 1. The molecule has 0 unspecified atom stereocenters. The molecule has 3 aromatic rings. The summed E-state index contributed by atoms with van der Waals surface area (Å²) in [5.41, 5.74) is 1.35. The topological polar surface area (TPSA) is 59.3 Å². The lowest BCUT2D eigenvalue weighted by Crippen LogP contribution is -2.14. The molecule has 0 aliphatic heterocycles. The van der Waals surface area contributed by atoms with Crippen LogP contribution in [0.5, 0.6) is 0 Å². The lowest BCUT2D eigenvalue weighted by Gasteiger charge is -2.04. The molecule has 0 radical (unpaired) electrons. The van der Waals surface area contributed by atoms with Crippen LogP contribution < -0.4 is 5.32 Å². The Kier molecular flexibility index (Phi) is 4.50. The largest absolute Gasteiger partial charge is 0.450 e. The first-order valence-electron chi connectivity index (χ1n) is 6.78. The van der Waals surface area contributed by atoms with E-state index in [2.05, 4.69) is 21.2 Å². The summed E-state index contributed by atoms with van der Waals surface area (Å²) in [6, 6.07) is 13.7. The van der Waals surface area contributed by atoms with E-state index in [9.17, 15) is 9.59 Å². The van der Waals surface area contributed by atoms with Crippen molar-refractivity contribution in [2.75, 3.05) is 10.6 Å². The highest BCUT2D eigenvalue weighted by Crippen LogP contribution is 2.32. The number of amides is 1. The number of halogens is 2. The zero-order valence-corrected chi connectivity index (χ0v) is 14.1. The van der Waals surface area contributed by atoms with Crippen molar-refractivity contribution in [1.29, 1.82) is 0 Å². The highest BCUT2D eigenvalue weighted by Gasteiger charge is 2.23. The Balaban J connectivity index is 2.11. The van der Waals surface area contributed by atoms with E-state index in [0.29, 0.717) is 27.2 Å². The SMILES string of the molecule is O=C(CBr)Nc1c(C(=O)c2ccc(Cl)cc2)oc2ccccc12. The lowest BCUT2D eigenvalue weighted by molar-refractivity contribution is -0.113. The number of benzene rings is 2. The van der Waals surface area contributed by atoms with Gasteiger partial charge in [0.15, 0.2) is 5.76 Å². The number of rotatable bonds is 4. The number of hydrogen-bond donors (Lipinski definition) is 1. The summed E-state index contributed by atoms with van der Waals surface area (Å²) >= 11 is 8.95. The molecule has 4 nitrogen and oxygen atoms in total. The maximum atomic E-state index is 12.7. The Morgan fingerprint density at radius 2 is 1.78 bits per heavy atom. The number of fused-ring (bicyclic) bond motifs is 1. The molecule has 0 saturated carbocycles. The van der Waals surface area contributed by atoms with Crippen molar-refractivity contribution in [3.8, 4) is 0 Å². The van der Waals surface area contributed by atoms with Gasteiger partial charge in [0.25, 0.3) is 0 Å². The number of para-hydroxylation sites is 1.